The summed E-state index contributed by atoms with van der Waals surface area (Å²) in [5.74, 6) is -0.418. The van der Waals surface area contributed by atoms with Crippen LogP contribution in [0.5, 0.6) is 0 Å². The molecule has 3 amide bonds. The zero-order valence-corrected chi connectivity index (χ0v) is 10.1. The van der Waals surface area contributed by atoms with E-state index in [9.17, 15) is 9.59 Å². The summed E-state index contributed by atoms with van der Waals surface area (Å²) in [7, 11) is 0. The summed E-state index contributed by atoms with van der Waals surface area (Å²) in [6, 6.07) is -0.518. The van der Waals surface area contributed by atoms with Gasteiger partial charge in [-0.15, -0.1) is 12.4 Å². The van der Waals surface area contributed by atoms with Crippen molar-refractivity contribution in [2.24, 2.45) is 5.73 Å². The van der Waals surface area contributed by atoms with E-state index in [-0.39, 0.29) is 19.0 Å². The molecular weight excluding hydrogens is 252 g/mol. The third kappa shape index (κ3) is 1.66. The minimum absolute atomic E-state index is 0. The third-order valence-electron chi connectivity index (χ3n) is 2.46. The van der Waals surface area contributed by atoms with Crippen molar-refractivity contribution in [2.45, 2.75) is 12.5 Å². The van der Waals surface area contributed by atoms with Gasteiger partial charge in [-0.1, -0.05) is 0 Å². The lowest BCUT2D eigenvalue weighted by Gasteiger charge is -2.23. The molecule has 8 heteroatoms. The molecule has 2 heterocycles. The summed E-state index contributed by atoms with van der Waals surface area (Å²) in [6.45, 7) is 1.80. The molecule has 0 aliphatic carbocycles. The number of nitrogens with one attached hydrogen (secondary N) is 2. The first-order valence-electron chi connectivity index (χ1n) is 4.35. The summed E-state index contributed by atoms with van der Waals surface area (Å²) in [5.41, 5.74) is 5.81. The molecule has 0 saturated carbocycles. The molecule has 2 rings (SSSR count). The van der Waals surface area contributed by atoms with E-state index in [0.717, 1.165) is 0 Å². The number of amides is 3. The number of hydrogen-bond acceptors (Lipinski definition) is 5. The van der Waals surface area contributed by atoms with Crippen molar-refractivity contribution in [1.29, 1.82) is 0 Å². The van der Waals surface area contributed by atoms with Crippen LogP contribution in [-0.4, -0.2) is 22.9 Å². The molecule has 88 valence electrons. The Balaban J connectivity index is 0.00000128. The number of nitrogens with zero attached hydrogens (tertiary/aromatic N) is 1. The zero-order chi connectivity index (χ0) is 11.1. The Labute approximate surface area is 102 Å². The van der Waals surface area contributed by atoms with Crippen molar-refractivity contribution < 1.29 is 9.59 Å². The second-order valence-corrected chi connectivity index (χ2v) is 3.96. The zero-order valence-electron chi connectivity index (χ0n) is 8.44. The quantitative estimate of drug-likeness (QED) is 0.647. The summed E-state index contributed by atoms with van der Waals surface area (Å²) < 4.78 is 4.07. The molecule has 0 aromatic carbocycles. The SMILES string of the molecule is Cc1nscc1[C@]1(CN)NC(=O)NC1=O.Cl. The van der Waals surface area contributed by atoms with Crippen molar-refractivity contribution in [3.8, 4) is 0 Å². The normalized spacial score (nSPS) is 23.6. The molecule has 0 spiro atoms. The van der Waals surface area contributed by atoms with Gasteiger partial charge in [-0.3, -0.25) is 10.1 Å². The van der Waals surface area contributed by atoms with Crippen LogP contribution in [0.25, 0.3) is 0 Å². The Morgan fingerprint density at radius 3 is 2.62 bits per heavy atom. The van der Waals surface area contributed by atoms with Gasteiger partial charge in [0.15, 0.2) is 5.54 Å². The van der Waals surface area contributed by atoms with Gasteiger partial charge in [0.2, 0.25) is 0 Å². The summed E-state index contributed by atoms with van der Waals surface area (Å²) in [6.07, 6.45) is 0. The number of carbonyl (C=O) groups is 2. The Morgan fingerprint density at radius 1 is 1.56 bits per heavy atom. The fourth-order valence-corrected chi connectivity index (χ4v) is 2.42. The van der Waals surface area contributed by atoms with Crippen molar-refractivity contribution in [2.75, 3.05) is 6.54 Å². The van der Waals surface area contributed by atoms with E-state index < -0.39 is 17.5 Å². The molecule has 1 aromatic rings. The van der Waals surface area contributed by atoms with E-state index in [4.69, 9.17) is 5.73 Å². The van der Waals surface area contributed by atoms with Gasteiger partial charge in [0.25, 0.3) is 5.91 Å². The van der Waals surface area contributed by atoms with Crippen LogP contribution in [0.1, 0.15) is 11.3 Å². The van der Waals surface area contributed by atoms with Crippen molar-refractivity contribution >= 4 is 35.9 Å². The second kappa shape index (κ2) is 4.36. The maximum absolute atomic E-state index is 11.7. The molecule has 1 aromatic heterocycles. The van der Waals surface area contributed by atoms with Crippen LogP contribution in [0.3, 0.4) is 0 Å². The van der Waals surface area contributed by atoms with Gasteiger partial charge in [-0.25, -0.2) is 4.79 Å². The molecule has 1 fully saturated rings. The number of carbonyl (C=O) groups excluding carboxylic acids is 2. The molecule has 0 unspecified atom stereocenters. The fraction of sp³-hybridized carbons (Fsp3) is 0.375. The van der Waals surface area contributed by atoms with Crippen LogP contribution in [0, 0.1) is 6.92 Å². The third-order valence-corrected chi connectivity index (χ3v) is 3.18. The number of aromatic nitrogens is 1. The van der Waals surface area contributed by atoms with Gasteiger partial charge in [0.05, 0.1) is 5.69 Å². The molecule has 16 heavy (non-hydrogen) atoms. The lowest BCUT2D eigenvalue weighted by Crippen LogP contribution is -2.50. The first-order valence-corrected chi connectivity index (χ1v) is 5.19. The molecule has 6 nitrogen and oxygen atoms in total. The lowest BCUT2D eigenvalue weighted by atomic mass is 9.91. The van der Waals surface area contributed by atoms with Crippen LogP contribution in [-0.2, 0) is 10.3 Å². The molecule has 1 aliphatic rings. The fourth-order valence-electron chi connectivity index (χ4n) is 1.64. The van der Waals surface area contributed by atoms with Crippen LogP contribution >= 0.6 is 23.9 Å². The molecule has 1 saturated heterocycles. The number of hydrogen-bond donors (Lipinski definition) is 3. The van der Waals surface area contributed by atoms with E-state index >= 15 is 0 Å². The van der Waals surface area contributed by atoms with E-state index in [0.29, 0.717) is 11.3 Å². The highest BCUT2D eigenvalue weighted by Crippen LogP contribution is 2.27. The van der Waals surface area contributed by atoms with Gasteiger partial charge in [-0.05, 0) is 18.5 Å². The lowest BCUT2D eigenvalue weighted by molar-refractivity contribution is -0.123. The molecule has 0 bridgehead atoms. The van der Waals surface area contributed by atoms with Crippen LogP contribution in [0.15, 0.2) is 5.38 Å². The average molecular weight is 263 g/mol. The van der Waals surface area contributed by atoms with Gasteiger partial charge in [-0.2, -0.15) is 4.37 Å². The average Bonchev–Trinajstić information content (AvgIpc) is 2.71. The monoisotopic (exact) mass is 262 g/mol. The number of imide groups is 1. The van der Waals surface area contributed by atoms with Gasteiger partial charge in [0.1, 0.15) is 0 Å². The van der Waals surface area contributed by atoms with Crippen LogP contribution in [0.2, 0.25) is 0 Å². The maximum Gasteiger partial charge on any atom is 0.322 e. The molecule has 1 aliphatic heterocycles. The van der Waals surface area contributed by atoms with E-state index in [1.54, 1.807) is 12.3 Å². The van der Waals surface area contributed by atoms with Crippen molar-refractivity contribution in [3.63, 3.8) is 0 Å². The summed E-state index contributed by atoms with van der Waals surface area (Å²) >= 11 is 1.23. The van der Waals surface area contributed by atoms with Crippen molar-refractivity contribution in [1.82, 2.24) is 15.0 Å². The molecule has 4 N–H and O–H groups in total. The van der Waals surface area contributed by atoms with Gasteiger partial charge < -0.3 is 11.1 Å². The Kier molecular flexibility index (Phi) is 3.51. The predicted octanol–water partition coefficient (Wildman–Crippen LogP) is -0.133. The minimum Gasteiger partial charge on any atom is -0.327 e. The highest BCUT2D eigenvalue weighted by molar-refractivity contribution is 7.03. The van der Waals surface area contributed by atoms with Crippen molar-refractivity contribution in [3.05, 3.63) is 16.6 Å². The largest absolute Gasteiger partial charge is 0.327 e. The highest BCUT2D eigenvalue weighted by Gasteiger charge is 2.48. The Morgan fingerprint density at radius 2 is 2.25 bits per heavy atom. The molecule has 1 atom stereocenters. The second-order valence-electron chi connectivity index (χ2n) is 3.33. The Bertz CT molecular complexity index is 435. The molecular formula is C8H11ClN4O2S. The number of urea groups is 1. The van der Waals surface area contributed by atoms with E-state index in [2.05, 4.69) is 15.0 Å². The first kappa shape index (κ1) is 12.9. The number of aryl methyl sites for hydroxylation is 1. The van der Waals surface area contributed by atoms with E-state index in [1.807, 2.05) is 0 Å². The number of nitrogens with two attached hydrogens (primary N) is 1. The summed E-state index contributed by atoms with van der Waals surface area (Å²) in [4.78, 5) is 22.8. The maximum atomic E-state index is 11.7. The smallest absolute Gasteiger partial charge is 0.322 e. The standard InChI is InChI=1S/C8H10N4O2S.ClH/c1-4-5(2-15-12-4)8(3-9)6(13)10-7(14)11-8;/h2H,3,9H2,1H3,(H2,10,11,13,14);1H/t8-;/m0./s1. The summed E-state index contributed by atoms with van der Waals surface area (Å²) in [5, 5.41) is 6.46. The Hall–Kier alpha value is -1.18. The first-order chi connectivity index (χ1) is 7.10. The number of rotatable bonds is 2. The highest BCUT2D eigenvalue weighted by atomic mass is 35.5. The molecule has 0 radical (unpaired) electrons. The number of halogens is 1. The topological polar surface area (TPSA) is 97.1 Å². The van der Waals surface area contributed by atoms with Crippen LogP contribution in [0.4, 0.5) is 4.79 Å². The van der Waals surface area contributed by atoms with Gasteiger partial charge in [0, 0.05) is 17.5 Å². The van der Waals surface area contributed by atoms with E-state index in [1.165, 1.54) is 11.5 Å². The minimum atomic E-state index is -1.14. The van der Waals surface area contributed by atoms with Gasteiger partial charge >= 0.3 is 6.03 Å². The van der Waals surface area contributed by atoms with Crippen LogP contribution < -0.4 is 16.4 Å². The predicted molar refractivity (Wildman–Crippen MR) is 61.5 cm³/mol.